The number of sulfonamides is 1. The number of nitrogens with one attached hydrogen (secondary N) is 3. The molecule has 2 amide bonds. The van der Waals surface area contributed by atoms with Gasteiger partial charge in [-0.05, 0) is 61.4 Å². The monoisotopic (exact) mass is 373 g/mol. The zero-order valence-electron chi connectivity index (χ0n) is 14.2. The van der Waals surface area contributed by atoms with Crippen LogP contribution >= 0.6 is 0 Å². The summed E-state index contributed by atoms with van der Waals surface area (Å²) in [6.07, 6.45) is 1.84. The summed E-state index contributed by atoms with van der Waals surface area (Å²) in [5.41, 5.74) is 1.38. The molecule has 1 aliphatic rings. The number of hydrogen-bond acceptors (Lipinski definition) is 4. The molecule has 0 saturated heterocycles. The van der Waals surface area contributed by atoms with Crippen LogP contribution in [0.2, 0.25) is 0 Å². The highest BCUT2D eigenvalue weighted by atomic mass is 32.2. The van der Waals surface area contributed by atoms with Gasteiger partial charge in [0, 0.05) is 29.9 Å². The molecule has 0 bridgehead atoms. The number of anilines is 2. The molecule has 8 heteroatoms. The fraction of sp³-hybridized carbons (Fsp3) is 0.222. The lowest BCUT2D eigenvalue weighted by Gasteiger charge is -2.10. The summed E-state index contributed by atoms with van der Waals surface area (Å²) in [4.78, 5) is 23.3. The predicted molar refractivity (Wildman–Crippen MR) is 98.4 cm³/mol. The highest BCUT2D eigenvalue weighted by Gasteiger charge is 2.29. The molecule has 136 valence electrons. The second-order valence-corrected chi connectivity index (χ2v) is 7.73. The Hall–Kier alpha value is -2.87. The molecular weight excluding hydrogens is 354 g/mol. The average Bonchev–Trinajstić information content (AvgIpc) is 3.48. The minimum absolute atomic E-state index is 0.00506. The Morgan fingerprint density at radius 3 is 2.04 bits per heavy atom. The SMILES string of the molecule is CNC(=O)c1ccc(S(=O)(=O)Nc2ccc(NC(=O)C3CC3)cc2)cc1. The number of carbonyl (C=O) groups excluding carboxylic acids is 2. The molecule has 7 nitrogen and oxygen atoms in total. The van der Waals surface area contributed by atoms with Gasteiger partial charge in [0.2, 0.25) is 5.91 Å². The van der Waals surface area contributed by atoms with E-state index in [1.165, 1.54) is 31.3 Å². The van der Waals surface area contributed by atoms with Crippen LogP contribution in [0.15, 0.2) is 53.4 Å². The second-order valence-electron chi connectivity index (χ2n) is 6.05. The average molecular weight is 373 g/mol. The van der Waals surface area contributed by atoms with Crippen LogP contribution in [0, 0.1) is 5.92 Å². The highest BCUT2D eigenvalue weighted by molar-refractivity contribution is 7.92. The van der Waals surface area contributed by atoms with E-state index in [0.29, 0.717) is 16.9 Å². The van der Waals surface area contributed by atoms with Crippen LogP contribution in [-0.4, -0.2) is 27.3 Å². The van der Waals surface area contributed by atoms with Gasteiger partial charge >= 0.3 is 0 Å². The summed E-state index contributed by atoms with van der Waals surface area (Å²) in [5.74, 6) is -0.189. The molecule has 1 saturated carbocycles. The zero-order valence-corrected chi connectivity index (χ0v) is 15.0. The fourth-order valence-electron chi connectivity index (χ4n) is 2.36. The second kappa shape index (κ2) is 7.17. The van der Waals surface area contributed by atoms with Gasteiger partial charge < -0.3 is 10.6 Å². The molecular formula is C18H19N3O4S. The number of benzene rings is 2. The largest absolute Gasteiger partial charge is 0.355 e. The van der Waals surface area contributed by atoms with E-state index in [0.717, 1.165) is 12.8 Å². The van der Waals surface area contributed by atoms with Crippen LogP contribution in [0.4, 0.5) is 11.4 Å². The Morgan fingerprint density at radius 1 is 0.923 bits per heavy atom. The van der Waals surface area contributed by atoms with Gasteiger partial charge in [-0.15, -0.1) is 0 Å². The molecule has 1 aliphatic carbocycles. The predicted octanol–water partition coefficient (Wildman–Crippen LogP) is 2.20. The summed E-state index contributed by atoms with van der Waals surface area (Å²) in [5, 5.41) is 5.27. The summed E-state index contributed by atoms with van der Waals surface area (Å²) in [6.45, 7) is 0. The molecule has 0 unspecified atom stereocenters. The van der Waals surface area contributed by atoms with E-state index in [9.17, 15) is 18.0 Å². The van der Waals surface area contributed by atoms with Crippen molar-refractivity contribution in [3.63, 3.8) is 0 Å². The maximum absolute atomic E-state index is 12.4. The standard InChI is InChI=1S/C18H19N3O4S/c1-19-17(22)12-4-10-16(11-5-12)26(24,25)21-15-8-6-14(7-9-15)20-18(23)13-2-3-13/h4-11,13,21H,2-3H2,1H3,(H,19,22)(H,20,23). The van der Waals surface area contributed by atoms with E-state index in [-0.39, 0.29) is 22.6 Å². The van der Waals surface area contributed by atoms with Crippen LogP contribution in [0.3, 0.4) is 0 Å². The van der Waals surface area contributed by atoms with Crippen molar-refractivity contribution >= 4 is 33.2 Å². The van der Waals surface area contributed by atoms with Crippen LogP contribution < -0.4 is 15.4 Å². The summed E-state index contributed by atoms with van der Waals surface area (Å²) in [7, 11) is -2.27. The van der Waals surface area contributed by atoms with Crippen molar-refractivity contribution in [2.24, 2.45) is 5.92 Å². The smallest absolute Gasteiger partial charge is 0.261 e. The van der Waals surface area contributed by atoms with Crippen molar-refractivity contribution in [3.8, 4) is 0 Å². The minimum atomic E-state index is -3.77. The molecule has 0 aromatic heterocycles. The molecule has 0 heterocycles. The van der Waals surface area contributed by atoms with Crippen LogP contribution in [0.1, 0.15) is 23.2 Å². The van der Waals surface area contributed by atoms with Crippen LogP contribution in [0.25, 0.3) is 0 Å². The fourth-order valence-corrected chi connectivity index (χ4v) is 3.41. The van der Waals surface area contributed by atoms with E-state index in [1.807, 2.05) is 0 Å². The van der Waals surface area contributed by atoms with E-state index < -0.39 is 10.0 Å². The maximum Gasteiger partial charge on any atom is 0.261 e. The lowest BCUT2D eigenvalue weighted by Crippen LogP contribution is -2.18. The third-order valence-corrected chi connectivity index (χ3v) is 5.40. The third-order valence-electron chi connectivity index (χ3n) is 4.01. The first-order chi connectivity index (χ1) is 12.4. The Kier molecular flexibility index (Phi) is 4.94. The number of carbonyl (C=O) groups is 2. The first kappa shape index (κ1) is 17.9. The van der Waals surface area contributed by atoms with Crippen LogP contribution in [0.5, 0.6) is 0 Å². The van der Waals surface area contributed by atoms with Crippen molar-refractivity contribution in [1.82, 2.24) is 5.32 Å². The lowest BCUT2D eigenvalue weighted by molar-refractivity contribution is -0.117. The summed E-state index contributed by atoms with van der Waals surface area (Å²) < 4.78 is 27.3. The third kappa shape index (κ3) is 4.20. The van der Waals surface area contributed by atoms with Crippen molar-refractivity contribution < 1.29 is 18.0 Å². The van der Waals surface area contributed by atoms with Crippen LogP contribution in [-0.2, 0) is 14.8 Å². The Morgan fingerprint density at radius 2 is 1.50 bits per heavy atom. The molecule has 26 heavy (non-hydrogen) atoms. The first-order valence-electron chi connectivity index (χ1n) is 8.15. The van der Waals surface area contributed by atoms with Gasteiger partial charge in [-0.1, -0.05) is 0 Å². The van der Waals surface area contributed by atoms with E-state index in [4.69, 9.17) is 0 Å². The van der Waals surface area contributed by atoms with Crippen molar-refractivity contribution in [2.75, 3.05) is 17.1 Å². The van der Waals surface area contributed by atoms with Gasteiger partial charge in [0.05, 0.1) is 4.90 Å². The molecule has 0 radical (unpaired) electrons. The number of hydrogen-bond donors (Lipinski definition) is 3. The molecule has 3 N–H and O–H groups in total. The highest BCUT2D eigenvalue weighted by Crippen LogP contribution is 2.30. The van der Waals surface area contributed by atoms with Gasteiger partial charge in [0.25, 0.3) is 15.9 Å². The van der Waals surface area contributed by atoms with Gasteiger partial charge in [0.15, 0.2) is 0 Å². The van der Waals surface area contributed by atoms with E-state index >= 15 is 0 Å². The van der Waals surface area contributed by atoms with E-state index in [1.54, 1.807) is 24.3 Å². The Balaban J connectivity index is 1.68. The van der Waals surface area contributed by atoms with E-state index in [2.05, 4.69) is 15.4 Å². The Bertz CT molecular complexity index is 918. The molecule has 2 aromatic carbocycles. The maximum atomic E-state index is 12.4. The summed E-state index contributed by atoms with van der Waals surface area (Å²) >= 11 is 0. The first-order valence-corrected chi connectivity index (χ1v) is 9.63. The van der Waals surface area contributed by atoms with Gasteiger partial charge in [-0.25, -0.2) is 8.42 Å². The molecule has 0 aliphatic heterocycles. The normalized spacial score (nSPS) is 13.7. The van der Waals surface area contributed by atoms with Crippen molar-refractivity contribution in [1.29, 1.82) is 0 Å². The zero-order chi connectivity index (χ0) is 18.7. The number of rotatable bonds is 6. The van der Waals surface area contributed by atoms with Crippen molar-refractivity contribution in [3.05, 3.63) is 54.1 Å². The molecule has 1 fully saturated rings. The summed E-state index contributed by atoms with van der Waals surface area (Å²) in [6, 6.07) is 12.1. The van der Waals surface area contributed by atoms with Gasteiger partial charge in [0.1, 0.15) is 0 Å². The molecule has 0 spiro atoms. The Labute approximate surface area is 151 Å². The lowest BCUT2D eigenvalue weighted by atomic mass is 10.2. The van der Waals surface area contributed by atoms with Gasteiger partial charge in [-0.3, -0.25) is 14.3 Å². The molecule has 2 aromatic rings. The molecule has 0 atom stereocenters. The quantitative estimate of drug-likeness (QED) is 0.722. The minimum Gasteiger partial charge on any atom is -0.355 e. The van der Waals surface area contributed by atoms with Gasteiger partial charge in [-0.2, -0.15) is 0 Å². The molecule has 3 rings (SSSR count). The van der Waals surface area contributed by atoms with Crippen molar-refractivity contribution in [2.45, 2.75) is 17.7 Å². The topological polar surface area (TPSA) is 104 Å². The number of amides is 2.